The second kappa shape index (κ2) is 10.1. The summed E-state index contributed by atoms with van der Waals surface area (Å²) in [6.45, 7) is 7.87. The number of anilines is 1. The largest absolute Gasteiger partial charge is 0.469 e. The molecule has 8 heteroatoms. The summed E-state index contributed by atoms with van der Waals surface area (Å²) in [4.78, 5) is 28.3. The lowest BCUT2D eigenvalue weighted by Crippen LogP contribution is -2.27. The van der Waals surface area contributed by atoms with E-state index in [4.69, 9.17) is 9.15 Å². The molecule has 0 aromatic carbocycles. The highest BCUT2D eigenvalue weighted by atomic mass is 32.1. The van der Waals surface area contributed by atoms with Crippen LogP contribution in [0.5, 0.6) is 0 Å². The molecule has 2 rings (SSSR count). The number of carbonyl (C=O) groups is 2. The van der Waals surface area contributed by atoms with Gasteiger partial charge < -0.3 is 14.5 Å². The molecule has 0 atom stereocenters. The van der Waals surface area contributed by atoms with E-state index in [0.29, 0.717) is 41.2 Å². The van der Waals surface area contributed by atoms with Crippen molar-refractivity contribution in [1.29, 1.82) is 0 Å². The van der Waals surface area contributed by atoms with Crippen LogP contribution in [0.4, 0.5) is 5.13 Å². The van der Waals surface area contributed by atoms with E-state index < -0.39 is 0 Å². The van der Waals surface area contributed by atoms with Gasteiger partial charge in [0.1, 0.15) is 5.76 Å². The van der Waals surface area contributed by atoms with E-state index in [2.05, 4.69) is 29.5 Å². The molecule has 0 aliphatic carbocycles. The second-order valence-corrected chi connectivity index (χ2v) is 7.20. The molecule has 0 radical (unpaired) electrons. The molecule has 0 aliphatic heterocycles. The van der Waals surface area contributed by atoms with Gasteiger partial charge >= 0.3 is 0 Å². The lowest BCUT2D eigenvalue weighted by atomic mass is 10.2. The van der Waals surface area contributed by atoms with Gasteiger partial charge in [-0.3, -0.25) is 14.9 Å². The number of thiazole rings is 1. The molecule has 0 saturated carbocycles. The van der Waals surface area contributed by atoms with Gasteiger partial charge in [-0.2, -0.15) is 0 Å². The molecule has 2 amide bonds. The van der Waals surface area contributed by atoms with Crippen molar-refractivity contribution in [2.45, 2.75) is 33.6 Å². The summed E-state index contributed by atoms with van der Waals surface area (Å²) in [5.74, 6) is 0.697. The number of aryl methyl sites for hydroxylation is 1. The maximum atomic E-state index is 12.1. The molecular weight excluding hydrogens is 354 g/mol. The highest BCUT2D eigenvalue weighted by Gasteiger charge is 2.14. The number of hydrogen-bond acceptors (Lipinski definition) is 6. The third kappa shape index (κ3) is 6.61. The molecule has 2 N–H and O–H groups in total. The lowest BCUT2D eigenvalue weighted by Gasteiger charge is -2.07. The summed E-state index contributed by atoms with van der Waals surface area (Å²) in [5.41, 5.74) is 1.10. The van der Waals surface area contributed by atoms with Crippen LogP contribution in [0.2, 0.25) is 0 Å². The summed E-state index contributed by atoms with van der Waals surface area (Å²) >= 11 is 1.29. The van der Waals surface area contributed by atoms with E-state index in [9.17, 15) is 9.59 Å². The predicted octanol–water partition coefficient (Wildman–Crippen LogP) is 3.02. The zero-order valence-corrected chi connectivity index (χ0v) is 16.1. The number of aromatic nitrogens is 1. The van der Waals surface area contributed by atoms with Crippen molar-refractivity contribution in [3.63, 3.8) is 0 Å². The normalized spacial score (nSPS) is 10.9. The van der Waals surface area contributed by atoms with E-state index in [-0.39, 0.29) is 18.2 Å². The average molecular weight is 379 g/mol. The number of carbonyl (C=O) groups excluding carboxylic acids is 2. The Kier molecular flexibility index (Phi) is 7.80. The smallest absolute Gasteiger partial charge is 0.260 e. The van der Waals surface area contributed by atoms with Crippen molar-refractivity contribution >= 4 is 28.3 Å². The molecule has 142 valence electrons. The first-order chi connectivity index (χ1) is 12.5. The van der Waals surface area contributed by atoms with Crippen LogP contribution in [0.3, 0.4) is 0 Å². The highest BCUT2D eigenvalue weighted by molar-refractivity contribution is 7.14. The van der Waals surface area contributed by atoms with Crippen molar-refractivity contribution < 1.29 is 18.7 Å². The van der Waals surface area contributed by atoms with Gasteiger partial charge in [0.25, 0.3) is 5.91 Å². The number of furan rings is 1. The van der Waals surface area contributed by atoms with Crippen LogP contribution in [0.15, 0.2) is 22.1 Å². The Hall–Kier alpha value is -2.19. The fraction of sp³-hybridized carbons (Fsp3) is 0.500. The number of nitrogens with one attached hydrogen (secondary N) is 2. The Labute approximate surface area is 157 Å². The quantitative estimate of drug-likeness (QED) is 0.619. The Balaban J connectivity index is 1.70. The SMILES string of the molecule is Cc1occc1C(=O)Nc1nc(CC(=O)NCCCOCC(C)C)cs1. The second-order valence-electron chi connectivity index (χ2n) is 6.34. The van der Waals surface area contributed by atoms with Crippen LogP contribution >= 0.6 is 11.3 Å². The van der Waals surface area contributed by atoms with Gasteiger partial charge in [0.15, 0.2) is 5.13 Å². The molecule has 2 aromatic rings. The summed E-state index contributed by atoms with van der Waals surface area (Å²) in [6, 6.07) is 1.61. The van der Waals surface area contributed by atoms with Crippen LogP contribution in [-0.2, 0) is 16.0 Å². The maximum Gasteiger partial charge on any atom is 0.260 e. The fourth-order valence-corrected chi connectivity index (χ4v) is 2.88. The molecule has 2 heterocycles. The first kappa shape index (κ1) is 20.1. The number of hydrogen-bond donors (Lipinski definition) is 2. The van der Waals surface area contributed by atoms with E-state index >= 15 is 0 Å². The van der Waals surface area contributed by atoms with Crippen LogP contribution in [0.1, 0.15) is 42.1 Å². The van der Waals surface area contributed by atoms with Crippen LogP contribution < -0.4 is 10.6 Å². The topological polar surface area (TPSA) is 93.5 Å². The Morgan fingerprint density at radius 2 is 2.19 bits per heavy atom. The third-order valence-corrected chi connectivity index (χ3v) is 4.26. The summed E-state index contributed by atoms with van der Waals surface area (Å²) in [7, 11) is 0. The third-order valence-electron chi connectivity index (χ3n) is 3.46. The van der Waals surface area contributed by atoms with Crippen molar-refractivity contribution in [3.8, 4) is 0 Å². The van der Waals surface area contributed by atoms with E-state index in [1.54, 1.807) is 18.4 Å². The van der Waals surface area contributed by atoms with E-state index in [0.717, 1.165) is 13.0 Å². The number of ether oxygens (including phenoxy) is 1. The molecule has 7 nitrogen and oxygen atoms in total. The molecule has 0 aliphatic rings. The Morgan fingerprint density at radius 3 is 2.88 bits per heavy atom. The summed E-state index contributed by atoms with van der Waals surface area (Å²) in [5, 5.41) is 7.79. The zero-order valence-electron chi connectivity index (χ0n) is 15.3. The average Bonchev–Trinajstić information content (AvgIpc) is 3.19. The number of amides is 2. The molecule has 0 spiro atoms. The molecular formula is C18H25N3O4S. The van der Waals surface area contributed by atoms with Crippen molar-refractivity contribution in [3.05, 3.63) is 34.7 Å². The Morgan fingerprint density at radius 1 is 1.38 bits per heavy atom. The minimum absolute atomic E-state index is 0.0947. The monoisotopic (exact) mass is 379 g/mol. The summed E-state index contributed by atoms with van der Waals surface area (Å²) in [6.07, 6.45) is 2.43. The first-order valence-corrected chi connectivity index (χ1v) is 9.48. The van der Waals surface area contributed by atoms with E-state index in [1.807, 2.05) is 0 Å². The number of nitrogens with zero attached hydrogens (tertiary/aromatic N) is 1. The van der Waals surface area contributed by atoms with Gasteiger partial charge in [-0.25, -0.2) is 4.98 Å². The minimum Gasteiger partial charge on any atom is -0.469 e. The standard InChI is InChI=1S/C18H25N3O4S/c1-12(2)10-24-7-4-6-19-16(22)9-14-11-26-18(20-14)21-17(23)15-5-8-25-13(15)3/h5,8,11-12H,4,6-7,9-10H2,1-3H3,(H,19,22)(H,20,21,23). The van der Waals surface area contributed by atoms with Gasteiger partial charge in [-0.1, -0.05) is 13.8 Å². The molecule has 26 heavy (non-hydrogen) atoms. The maximum absolute atomic E-state index is 12.1. The number of rotatable bonds is 10. The van der Waals surface area contributed by atoms with Gasteiger partial charge in [-0.15, -0.1) is 11.3 Å². The Bertz CT molecular complexity index is 724. The lowest BCUT2D eigenvalue weighted by molar-refractivity contribution is -0.120. The van der Waals surface area contributed by atoms with Crippen LogP contribution in [0.25, 0.3) is 0 Å². The first-order valence-electron chi connectivity index (χ1n) is 8.60. The summed E-state index contributed by atoms with van der Waals surface area (Å²) < 4.78 is 10.6. The van der Waals surface area contributed by atoms with Crippen molar-refractivity contribution in [2.75, 3.05) is 25.1 Å². The minimum atomic E-state index is -0.275. The fourth-order valence-electron chi connectivity index (χ4n) is 2.18. The molecule has 0 fully saturated rings. The molecule has 0 bridgehead atoms. The van der Waals surface area contributed by atoms with Gasteiger partial charge in [0, 0.05) is 25.1 Å². The highest BCUT2D eigenvalue weighted by Crippen LogP contribution is 2.18. The van der Waals surface area contributed by atoms with Gasteiger partial charge in [0.2, 0.25) is 5.91 Å². The van der Waals surface area contributed by atoms with E-state index in [1.165, 1.54) is 17.6 Å². The molecule has 0 unspecified atom stereocenters. The predicted molar refractivity (Wildman–Crippen MR) is 100 cm³/mol. The van der Waals surface area contributed by atoms with Crippen LogP contribution in [-0.4, -0.2) is 36.6 Å². The van der Waals surface area contributed by atoms with Crippen molar-refractivity contribution in [2.24, 2.45) is 5.92 Å². The van der Waals surface area contributed by atoms with Gasteiger partial charge in [0.05, 0.1) is 23.9 Å². The zero-order chi connectivity index (χ0) is 18.9. The molecule has 2 aromatic heterocycles. The van der Waals surface area contributed by atoms with Crippen molar-refractivity contribution in [1.82, 2.24) is 10.3 Å². The van der Waals surface area contributed by atoms with Gasteiger partial charge in [-0.05, 0) is 25.3 Å². The van der Waals surface area contributed by atoms with Crippen LogP contribution in [0, 0.1) is 12.8 Å². The molecule has 0 saturated heterocycles.